The summed E-state index contributed by atoms with van der Waals surface area (Å²) in [7, 11) is 0. The Morgan fingerprint density at radius 2 is 1.00 bits per heavy atom. The molecule has 8 aromatic carbocycles. The molecule has 2 aromatic heterocycles. The molecule has 0 fully saturated rings. The smallest absolute Gasteiger partial charge is 0.0542 e. The van der Waals surface area contributed by atoms with Crippen molar-refractivity contribution < 1.29 is 0 Å². The van der Waals surface area contributed by atoms with Gasteiger partial charge in [-0.15, -0.1) is 11.3 Å². The first-order valence-corrected chi connectivity index (χ1v) is 17.5. The summed E-state index contributed by atoms with van der Waals surface area (Å²) in [6.45, 7) is 0. The van der Waals surface area contributed by atoms with Gasteiger partial charge < -0.3 is 9.47 Å². The van der Waals surface area contributed by atoms with Gasteiger partial charge in [-0.3, -0.25) is 0 Å². The molecular weight excluding hydrogens is 613 g/mol. The summed E-state index contributed by atoms with van der Waals surface area (Å²) in [6, 6.07) is 66.1. The summed E-state index contributed by atoms with van der Waals surface area (Å²) < 4.78 is 5.04. The van der Waals surface area contributed by atoms with Crippen molar-refractivity contribution in [1.29, 1.82) is 0 Å². The lowest BCUT2D eigenvalue weighted by molar-refractivity contribution is 1.18. The lowest BCUT2D eigenvalue weighted by Crippen LogP contribution is -2.10. The fourth-order valence-corrected chi connectivity index (χ4v) is 8.77. The number of benzene rings is 8. The molecule has 10 rings (SSSR count). The van der Waals surface area contributed by atoms with Gasteiger partial charge in [-0.1, -0.05) is 121 Å². The van der Waals surface area contributed by atoms with Crippen LogP contribution < -0.4 is 4.90 Å². The maximum absolute atomic E-state index is 2.43. The monoisotopic (exact) mass is 642 g/mol. The maximum Gasteiger partial charge on any atom is 0.0542 e. The molecule has 49 heavy (non-hydrogen) atoms. The van der Waals surface area contributed by atoms with Crippen LogP contribution in [0.1, 0.15) is 0 Å². The Morgan fingerprint density at radius 1 is 0.388 bits per heavy atom. The van der Waals surface area contributed by atoms with Crippen LogP contribution in [0, 0.1) is 0 Å². The minimum atomic E-state index is 1.12. The normalized spacial score (nSPS) is 11.7. The van der Waals surface area contributed by atoms with Crippen LogP contribution in [-0.4, -0.2) is 4.57 Å². The number of nitrogens with zero attached hydrogens (tertiary/aromatic N) is 2. The van der Waals surface area contributed by atoms with Crippen LogP contribution in [0.15, 0.2) is 182 Å². The molecule has 0 aliphatic rings. The highest BCUT2D eigenvalue weighted by atomic mass is 32.1. The molecule has 230 valence electrons. The van der Waals surface area contributed by atoms with E-state index in [1.54, 1.807) is 0 Å². The van der Waals surface area contributed by atoms with Gasteiger partial charge in [0, 0.05) is 58.8 Å². The highest BCUT2D eigenvalue weighted by Crippen LogP contribution is 2.45. The number of aromatic nitrogens is 1. The fourth-order valence-electron chi connectivity index (χ4n) is 7.53. The molecular formula is C46H30N2S. The van der Waals surface area contributed by atoms with Gasteiger partial charge in [0.15, 0.2) is 0 Å². The van der Waals surface area contributed by atoms with Crippen LogP contribution in [0.4, 0.5) is 17.1 Å². The summed E-state index contributed by atoms with van der Waals surface area (Å²) >= 11 is 1.89. The molecule has 0 unspecified atom stereocenters. The number of rotatable bonds is 5. The summed E-state index contributed by atoms with van der Waals surface area (Å²) in [4.78, 5) is 2.43. The molecule has 0 radical (unpaired) electrons. The Kier molecular flexibility index (Phi) is 6.39. The Balaban J connectivity index is 1.22. The molecule has 0 saturated heterocycles. The van der Waals surface area contributed by atoms with Crippen molar-refractivity contribution in [2.45, 2.75) is 0 Å². The second kappa shape index (κ2) is 11.2. The fraction of sp³-hybridized carbons (Fsp3) is 0. The summed E-state index contributed by atoms with van der Waals surface area (Å²) in [5, 5.41) is 7.63. The molecule has 0 aliphatic carbocycles. The standard InChI is InChI=1S/C46H30N2S/c1-3-12-31(13-4-1)32-22-24-34(25-23-32)47(42-20-11-18-39-37(42)27-28-40-38-17-8-10-21-45(38)49-46(39)40)35-26-29-44-41(30-35)36-16-7-9-19-43(36)48(44)33-14-5-2-6-15-33/h1-30H. The van der Waals surface area contributed by atoms with Crippen molar-refractivity contribution in [1.82, 2.24) is 4.57 Å². The van der Waals surface area contributed by atoms with Crippen LogP contribution in [0.2, 0.25) is 0 Å². The first kappa shape index (κ1) is 27.9. The SMILES string of the molecule is c1ccc(-c2ccc(N(c3ccc4c(c3)c3ccccc3n4-c3ccccc3)c3cccc4c3ccc3c5ccccc5sc43)cc2)cc1. The summed E-state index contributed by atoms with van der Waals surface area (Å²) in [5.41, 5.74) is 9.39. The van der Waals surface area contributed by atoms with Crippen LogP contribution in [0.3, 0.4) is 0 Å². The van der Waals surface area contributed by atoms with E-state index in [-0.39, 0.29) is 0 Å². The van der Waals surface area contributed by atoms with E-state index in [4.69, 9.17) is 0 Å². The Morgan fingerprint density at radius 3 is 1.84 bits per heavy atom. The molecule has 10 aromatic rings. The lowest BCUT2D eigenvalue weighted by Gasteiger charge is -2.27. The van der Waals surface area contributed by atoms with E-state index in [1.807, 2.05) is 11.3 Å². The Labute approximate surface area is 288 Å². The highest BCUT2D eigenvalue weighted by Gasteiger charge is 2.20. The maximum atomic E-state index is 2.43. The number of thiophene rings is 1. The average molecular weight is 643 g/mol. The quantitative estimate of drug-likeness (QED) is 0.181. The zero-order valence-corrected chi connectivity index (χ0v) is 27.4. The molecule has 0 N–H and O–H groups in total. The average Bonchev–Trinajstić information content (AvgIpc) is 3.72. The van der Waals surface area contributed by atoms with Crippen molar-refractivity contribution in [2.75, 3.05) is 4.90 Å². The number of hydrogen-bond acceptors (Lipinski definition) is 2. The van der Waals surface area contributed by atoms with Crippen LogP contribution in [0.25, 0.3) is 69.6 Å². The summed E-state index contributed by atoms with van der Waals surface area (Å²) in [5.74, 6) is 0. The lowest BCUT2D eigenvalue weighted by atomic mass is 10.0. The van der Waals surface area contributed by atoms with Gasteiger partial charge in [-0.2, -0.15) is 0 Å². The number of hydrogen-bond donors (Lipinski definition) is 0. The third kappa shape index (κ3) is 4.47. The molecule has 2 heterocycles. The van der Waals surface area contributed by atoms with E-state index >= 15 is 0 Å². The molecule has 2 nitrogen and oxygen atoms in total. The van der Waals surface area contributed by atoms with Crippen molar-refractivity contribution in [3.63, 3.8) is 0 Å². The number of anilines is 3. The largest absolute Gasteiger partial charge is 0.310 e. The van der Waals surface area contributed by atoms with Gasteiger partial charge in [0.1, 0.15) is 0 Å². The number of fused-ring (bicyclic) bond motifs is 8. The van der Waals surface area contributed by atoms with Crippen LogP contribution >= 0.6 is 11.3 Å². The van der Waals surface area contributed by atoms with Gasteiger partial charge in [0.05, 0.1) is 16.7 Å². The molecule has 0 amide bonds. The first-order valence-electron chi connectivity index (χ1n) is 16.7. The molecule has 0 spiro atoms. The second-order valence-electron chi connectivity index (χ2n) is 12.6. The first-order chi connectivity index (χ1) is 24.3. The molecule has 0 bridgehead atoms. The second-order valence-corrected chi connectivity index (χ2v) is 13.6. The number of para-hydroxylation sites is 2. The van der Waals surface area contributed by atoms with Crippen LogP contribution in [0.5, 0.6) is 0 Å². The van der Waals surface area contributed by atoms with E-state index in [0.29, 0.717) is 0 Å². The van der Waals surface area contributed by atoms with E-state index in [9.17, 15) is 0 Å². The molecule has 0 atom stereocenters. The molecule has 3 heteroatoms. The minimum Gasteiger partial charge on any atom is -0.310 e. The predicted octanol–water partition coefficient (Wildman–Crippen LogP) is 13.4. The van der Waals surface area contributed by atoms with Crippen molar-refractivity contribution in [3.8, 4) is 16.8 Å². The van der Waals surface area contributed by atoms with Crippen molar-refractivity contribution in [3.05, 3.63) is 182 Å². The van der Waals surface area contributed by atoms with E-state index in [2.05, 4.69) is 191 Å². The predicted molar refractivity (Wildman–Crippen MR) is 211 cm³/mol. The van der Waals surface area contributed by atoms with Gasteiger partial charge in [-0.25, -0.2) is 0 Å². The van der Waals surface area contributed by atoms with Crippen molar-refractivity contribution >= 4 is 81.1 Å². The van der Waals surface area contributed by atoms with Gasteiger partial charge in [0.25, 0.3) is 0 Å². The highest BCUT2D eigenvalue weighted by molar-refractivity contribution is 7.26. The zero-order valence-electron chi connectivity index (χ0n) is 26.6. The van der Waals surface area contributed by atoms with Crippen molar-refractivity contribution in [2.24, 2.45) is 0 Å². The summed E-state index contributed by atoms with van der Waals surface area (Å²) in [6.07, 6.45) is 0. The molecule has 0 saturated carbocycles. The minimum absolute atomic E-state index is 1.12. The van der Waals surface area contributed by atoms with E-state index in [0.717, 1.165) is 22.7 Å². The van der Waals surface area contributed by atoms with Gasteiger partial charge >= 0.3 is 0 Å². The van der Waals surface area contributed by atoms with E-state index in [1.165, 1.54) is 63.9 Å². The van der Waals surface area contributed by atoms with Crippen LogP contribution in [-0.2, 0) is 0 Å². The Bertz CT molecular complexity index is 2810. The third-order valence-electron chi connectivity index (χ3n) is 9.78. The Hall–Kier alpha value is -6.16. The van der Waals surface area contributed by atoms with Gasteiger partial charge in [-0.05, 0) is 71.8 Å². The van der Waals surface area contributed by atoms with E-state index < -0.39 is 0 Å². The molecule has 0 aliphatic heterocycles. The van der Waals surface area contributed by atoms with Gasteiger partial charge in [0.2, 0.25) is 0 Å². The topological polar surface area (TPSA) is 8.17 Å². The third-order valence-corrected chi connectivity index (χ3v) is 11.0. The zero-order chi connectivity index (χ0) is 32.3.